The lowest BCUT2D eigenvalue weighted by Gasteiger charge is -2.18. The number of hydrogen-bond donors (Lipinski definition) is 1. The van der Waals surface area contributed by atoms with Crippen LogP contribution in [0.2, 0.25) is 0 Å². The van der Waals surface area contributed by atoms with Crippen molar-refractivity contribution in [3.63, 3.8) is 0 Å². The third kappa shape index (κ3) is 8.59. The molecule has 0 spiro atoms. The van der Waals surface area contributed by atoms with Crippen LogP contribution in [0.1, 0.15) is 25.0 Å². The summed E-state index contributed by atoms with van der Waals surface area (Å²) < 4.78 is 5.99. The number of likely N-dealkylation sites (N-methyl/N-ethyl adjacent to an activating group) is 1. The summed E-state index contributed by atoms with van der Waals surface area (Å²) in [5, 5.41) is 3.52. The fourth-order valence-electron chi connectivity index (χ4n) is 2.53. The molecule has 0 saturated carbocycles. The minimum atomic E-state index is 0. The Bertz CT molecular complexity index is 563. The highest BCUT2D eigenvalue weighted by molar-refractivity contribution is 5.85. The molecule has 2 aromatic carbocycles. The summed E-state index contributed by atoms with van der Waals surface area (Å²) in [6.45, 7) is 10.1. The third-order valence-electron chi connectivity index (χ3n) is 4.02. The third-order valence-corrected chi connectivity index (χ3v) is 4.02. The number of halogens is 2. The molecule has 3 nitrogen and oxygen atoms in total. The lowest BCUT2D eigenvalue weighted by molar-refractivity contribution is 0.296. The van der Waals surface area contributed by atoms with Crippen molar-refractivity contribution in [3.05, 3.63) is 65.7 Å². The van der Waals surface area contributed by atoms with Crippen molar-refractivity contribution < 1.29 is 4.74 Å². The van der Waals surface area contributed by atoms with Crippen molar-refractivity contribution >= 4 is 24.8 Å². The Hall–Kier alpha value is -1.26. The second-order valence-electron chi connectivity index (χ2n) is 5.59. The number of hydrogen-bond acceptors (Lipinski definition) is 3. The molecule has 0 amide bonds. The average molecular weight is 385 g/mol. The van der Waals surface area contributed by atoms with Crippen molar-refractivity contribution in [3.8, 4) is 5.75 Å². The molecule has 0 atom stereocenters. The van der Waals surface area contributed by atoms with Crippen molar-refractivity contribution in [2.75, 3.05) is 26.2 Å². The highest BCUT2D eigenvalue weighted by atomic mass is 35.5. The minimum Gasteiger partial charge on any atom is -0.489 e. The van der Waals surface area contributed by atoms with Gasteiger partial charge in [-0.3, -0.25) is 0 Å². The largest absolute Gasteiger partial charge is 0.489 e. The molecule has 0 aliphatic heterocycles. The highest BCUT2D eigenvalue weighted by Crippen LogP contribution is 2.19. The van der Waals surface area contributed by atoms with Crippen molar-refractivity contribution in [1.29, 1.82) is 0 Å². The fourth-order valence-corrected chi connectivity index (χ4v) is 2.53. The fraction of sp³-hybridized carbons (Fsp3) is 0.400. The van der Waals surface area contributed by atoms with E-state index in [4.69, 9.17) is 4.74 Å². The van der Waals surface area contributed by atoms with Gasteiger partial charge in [0, 0.05) is 25.2 Å². The summed E-state index contributed by atoms with van der Waals surface area (Å²) >= 11 is 0. The molecule has 0 saturated heterocycles. The van der Waals surface area contributed by atoms with Gasteiger partial charge in [0.1, 0.15) is 12.4 Å². The van der Waals surface area contributed by atoms with E-state index in [0.717, 1.165) is 38.5 Å². The van der Waals surface area contributed by atoms with E-state index in [-0.39, 0.29) is 24.8 Å². The molecular weight excluding hydrogens is 355 g/mol. The maximum atomic E-state index is 5.99. The van der Waals surface area contributed by atoms with Crippen LogP contribution in [0, 0.1) is 0 Å². The van der Waals surface area contributed by atoms with Gasteiger partial charge in [0.2, 0.25) is 0 Å². The van der Waals surface area contributed by atoms with E-state index >= 15 is 0 Å². The van der Waals surface area contributed by atoms with Crippen LogP contribution in [0.25, 0.3) is 0 Å². The van der Waals surface area contributed by atoms with E-state index < -0.39 is 0 Å². The maximum Gasteiger partial charge on any atom is 0.124 e. The molecule has 0 aromatic heterocycles. The van der Waals surface area contributed by atoms with Gasteiger partial charge in [-0.25, -0.2) is 0 Å². The molecule has 1 N–H and O–H groups in total. The van der Waals surface area contributed by atoms with Crippen LogP contribution in [0.15, 0.2) is 54.6 Å². The second-order valence-corrected chi connectivity index (χ2v) is 5.59. The van der Waals surface area contributed by atoms with E-state index in [2.05, 4.69) is 48.3 Å². The Morgan fingerprint density at radius 3 is 2.20 bits per heavy atom. The number of benzene rings is 2. The van der Waals surface area contributed by atoms with E-state index in [1.54, 1.807) is 0 Å². The summed E-state index contributed by atoms with van der Waals surface area (Å²) in [6, 6.07) is 18.6. The molecule has 5 heteroatoms. The normalized spacial score (nSPS) is 10.0. The Morgan fingerprint density at radius 2 is 1.52 bits per heavy atom. The first-order chi connectivity index (χ1) is 11.3. The van der Waals surface area contributed by atoms with Crippen LogP contribution in [-0.4, -0.2) is 31.1 Å². The Morgan fingerprint density at radius 1 is 0.880 bits per heavy atom. The van der Waals surface area contributed by atoms with Gasteiger partial charge in [0.05, 0.1) is 0 Å². The molecule has 0 radical (unpaired) electrons. The highest BCUT2D eigenvalue weighted by Gasteiger charge is 2.04. The van der Waals surface area contributed by atoms with Crippen molar-refractivity contribution in [1.82, 2.24) is 10.2 Å². The van der Waals surface area contributed by atoms with Crippen molar-refractivity contribution in [2.45, 2.75) is 27.0 Å². The minimum absolute atomic E-state index is 0. The average Bonchev–Trinajstić information content (AvgIpc) is 2.62. The van der Waals surface area contributed by atoms with Gasteiger partial charge in [-0.1, -0.05) is 62.4 Å². The summed E-state index contributed by atoms with van der Waals surface area (Å²) in [6.07, 6.45) is 0. The second kappa shape index (κ2) is 14.0. The van der Waals surface area contributed by atoms with E-state index in [1.165, 1.54) is 11.1 Å². The monoisotopic (exact) mass is 384 g/mol. The molecular formula is C20H30Cl2N2O. The summed E-state index contributed by atoms with van der Waals surface area (Å²) in [5.41, 5.74) is 2.40. The molecule has 0 unspecified atom stereocenters. The predicted molar refractivity (Wildman–Crippen MR) is 111 cm³/mol. The molecule has 2 rings (SSSR count). The Balaban J connectivity index is 0.00000288. The molecule has 25 heavy (non-hydrogen) atoms. The van der Waals surface area contributed by atoms with E-state index in [1.807, 2.05) is 30.3 Å². The van der Waals surface area contributed by atoms with Crippen LogP contribution in [-0.2, 0) is 13.2 Å². The number of rotatable bonds is 10. The van der Waals surface area contributed by atoms with Crippen LogP contribution >= 0.6 is 24.8 Å². The maximum absolute atomic E-state index is 5.99. The first kappa shape index (κ1) is 23.7. The summed E-state index contributed by atoms with van der Waals surface area (Å²) in [7, 11) is 0. The Kier molecular flexibility index (Phi) is 13.3. The van der Waals surface area contributed by atoms with Gasteiger partial charge < -0.3 is 15.0 Å². The van der Waals surface area contributed by atoms with Gasteiger partial charge in [0.15, 0.2) is 0 Å². The van der Waals surface area contributed by atoms with Gasteiger partial charge in [-0.15, -0.1) is 24.8 Å². The van der Waals surface area contributed by atoms with Gasteiger partial charge in [0.25, 0.3) is 0 Å². The number of ether oxygens (including phenoxy) is 1. The van der Waals surface area contributed by atoms with Crippen LogP contribution in [0.4, 0.5) is 0 Å². The molecule has 140 valence electrons. The zero-order valence-electron chi connectivity index (χ0n) is 15.1. The van der Waals surface area contributed by atoms with Crippen molar-refractivity contribution in [2.24, 2.45) is 0 Å². The molecule has 0 heterocycles. The topological polar surface area (TPSA) is 24.5 Å². The van der Waals surface area contributed by atoms with Gasteiger partial charge in [-0.05, 0) is 24.7 Å². The lowest BCUT2D eigenvalue weighted by atomic mass is 10.2. The SMILES string of the molecule is CCN(CC)CCNCc1ccccc1OCc1ccccc1.Cl.Cl. The molecule has 0 fully saturated rings. The quantitative estimate of drug-likeness (QED) is 0.608. The zero-order chi connectivity index (χ0) is 16.3. The molecule has 0 aliphatic rings. The standard InChI is InChI=1S/C20H28N2O.2ClH/c1-3-22(4-2)15-14-21-16-19-12-8-9-13-20(19)23-17-18-10-6-5-7-11-18;;/h5-13,21H,3-4,14-17H2,1-2H3;2*1H. The smallest absolute Gasteiger partial charge is 0.124 e. The van der Waals surface area contributed by atoms with E-state index in [9.17, 15) is 0 Å². The van der Waals surface area contributed by atoms with Crippen LogP contribution < -0.4 is 10.1 Å². The van der Waals surface area contributed by atoms with Gasteiger partial charge >= 0.3 is 0 Å². The van der Waals surface area contributed by atoms with E-state index in [0.29, 0.717) is 6.61 Å². The summed E-state index contributed by atoms with van der Waals surface area (Å²) in [5.74, 6) is 0.965. The Labute approximate surface area is 164 Å². The molecule has 0 bridgehead atoms. The van der Waals surface area contributed by atoms with Crippen LogP contribution in [0.3, 0.4) is 0 Å². The number of nitrogens with zero attached hydrogens (tertiary/aromatic N) is 1. The summed E-state index contributed by atoms with van der Waals surface area (Å²) in [4.78, 5) is 2.42. The zero-order valence-corrected chi connectivity index (χ0v) is 16.7. The number of para-hydroxylation sites is 1. The molecule has 0 aliphatic carbocycles. The van der Waals surface area contributed by atoms with Gasteiger partial charge in [-0.2, -0.15) is 0 Å². The van der Waals surface area contributed by atoms with Crippen LogP contribution in [0.5, 0.6) is 5.75 Å². The first-order valence-electron chi connectivity index (χ1n) is 8.51. The predicted octanol–water partition coefficient (Wildman–Crippen LogP) is 4.54. The first-order valence-corrected chi connectivity index (χ1v) is 8.51. The molecule has 2 aromatic rings. The number of nitrogens with one attached hydrogen (secondary N) is 1. The lowest BCUT2D eigenvalue weighted by Crippen LogP contribution is -2.31.